The fraction of sp³-hybridized carbons (Fsp3) is 0.632. The van der Waals surface area contributed by atoms with Crippen molar-refractivity contribution in [2.24, 2.45) is 5.92 Å². The van der Waals surface area contributed by atoms with Gasteiger partial charge in [-0.3, -0.25) is 9.59 Å². The van der Waals surface area contributed by atoms with Crippen LogP contribution >= 0.6 is 11.8 Å². The molecule has 25 heavy (non-hydrogen) atoms. The molecule has 1 aromatic rings. The number of amides is 2. The number of hydrogen-bond donors (Lipinski definition) is 1. The maximum Gasteiger partial charge on any atom is 0.254 e. The van der Waals surface area contributed by atoms with Gasteiger partial charge in [-0.1, -0.05) is 19.3 Å². The second-order valence-electron chi connectivity index (χ2n) is 6.97. The first-order chi connectivity index (χ1) is 12.2. The van der Waals surface area contributed by atoms with Gasteiger partial charge in [0.15, 0.2) is 0 Å². The second-order valence-corrected chi connectivity index (χ2v) is 7.76. The Bertz CT molecular complexity index is 608. The predicted octanol–water partition coefficient (Wildman–Crippen LogP) is 3.10. The fourth-order valence-corrected chi connectivity index (χ4v) is 4.39. The molecule has 1 saturated heterocycles. The molecule has 2 amide bonds. The highest BCUT2D eigenvalue weighted by Gasteiger charge is 2.29. The summed E-state index contributed by atoms with van der Waals surface area (Å²) < 4.78 is 0. The molecule has 2 heterocycles. The van der Waals surface area contributed by atoms with E-state index in [-0.39, 0.29) is 17.9 Å². The third-order valence-corrected chi connectivity index (χ3v) is 6.02. The van der Waals surface area contributed by atoms with E-state index in [1.54, 1.807) is 12.3 Å². The molecule has 3 rings (SSSR count). The summed E-state index contributed by atoms with van der Waals surface area (Å²) in [6, 6.07) is 3.74. The number of nitrogens with zero attached hydrogens (tertiary/aromatic N) is 2. The molecule has 5 nitrogen and oxygen atoms in total. The maximum atomic E-state index is 12.6. The smallest absolute Gasteiger partial charge is 0.254 e. The molecule has 2 aliphatic rings. The largest absolute Gasteiger partial charge is 0.349 e. The number of aromatic nitrogens is 1. The van der Waals surface area contributed by atoms with E-state index in [4.69, 9.17) is 0 Å². The quantitative estimate of drug-likeness (QED) is 0.837. The zero-order valence-electron chi connectivity index (χ0n) is 14.9. The van der Waals surface area contributed by atoms with Gasteiger partial charge in [0.25, 0.3) is 5.91 Å². The lowest BCUT2D eigenvalue weighted by Gasteiger charge is -2.35. The van der Waals surface area contributed by atoms with Crippen molar-refractivity contribution in [2.75, 3.05) is 19.3 Å². The van der Waals surface area contributed by atoms with E-state index in [0.717, 1.165) is 43.8 Å². The van der Waals surface area contributed by atoms with Crippen molar-refractivity contribution in [1.29, 1.82) is 0 Å². The number of nitrogens with one attached hydrogen (secondary N) is 1. The molecule has 1 aliphatic heterocycles. The Labute approximate surface area is 154 Å². The first-order valence-corrected chi connectivity index (χ1v) is 10.5. The van der Waals surface area contributed by atoms with Gasteiger partial charge in [-0.15, -0.1) is 11.8 Å². The second kappa shape index (κ2) is 8.70. The van der Waals surface area contributed by atoms with Gasteiger partial charge >= 0.3 is 0 Å². The number of piperidine rings is 1. The summed E-state index contributed by atoms with van der Waals surface area (Å²) in [5.41, 5.74) is 0.635. The van der Waals surface area contributed by atoms with Crippen molar-refractivity contribution in [1.82, 2.24) is 15.2 Å². The van der Waals surface area contributed by atoms with Crippen LogP contribution in [0.5, 0.6) is 0 Å². The van der Waals surface area contributed by atoms with Gasteiger partial charge in [-0.25, -0.2) is 4.98 Å². The standard InChI is InChI=1S/C19H27N3O2S/c1-25-18-16(8-5-11-20-18)17(23)21-15-9-12-22(13-10-15)19(24)14-6-3-2-4-7-14/h5,8,11,14-15H,2-4,6-7,9-10,12-13H2,1H3,(H,21,23). The Morgan fingerprint density at radius 2 is 1.88 bits per heavy atom. The summed E-state index contributed by atoms with van der Waals surface area (Å²) in [6.07, 6.45) is 11.0. The third-order valence-electron chi connectivity index (χ3n) is 5.31. The Morgan fingerprint density at radius 3 is 2.56 bits per heavy atom. The zero-order chi connectivity index (χ0) is 17.6. The highest BCUT2D eigenvalue weighted by atomic mass is 32.2. The minimum Gasteiger partial charge on any atom is -0.349 e. The molecule has 0 bridgehead atoms. The highest BCUT2D eigenvalue weighted by molar-refractivity contribution is 7.98. The molecule has 0 aromatic carbocycles. The van der Waals surface area contributed by atoms with Crippen LogP contribution in [0, 0.1) is 5.92 Å². The normalized spacial score (nSPS) is 19.6. The van der Waals surface area contributed by atoms with Crippen molar-refractivity contribution in [3.8, 4) is 0 Å². The van der Waals surface area contributed by atoms with Crippen LogP contribution in [-0.4, -0.2) is 47.1 Å². The number of rotatable bonds is 4. The lowest BCUT2D eigenvalue weighted by atomic mass is 9.87. The third kappa shape index (κ3) is 4.54. The molecule has 1 aliphatic carbocycles. The number of pyridine rings is 1. The highest BCUT2D eigenvalue weighted by Crippen LogP contribution is 2.26. The molecule has 136 valence electrons. The van der Waals surface area contributed by atoms with Gasteiger partial charge in [0.05, 0.1) is 5.56 Å². The zero-order valence-corrected chi connectivity index (χ0v) is 15.7. The van der Waals surface area contributed by atoms with E-state index < -0.39 is 0 Å². The summed E-state index contributed by atoms with van der Waals surface area (Å²) in [5.74, 6) is 0.510. The number of hydrogen-bond acceptors (Lipinski definition) is 4. The van der Waals surface area contributed by atoms with Crippen LogP contribution in [0.15, 0.2) is 23.4 Å². The van der Waals surface area contributed by atoms with E-state index >= 15 is 0 Å². The number of carbonyl (C=O) groups is 2. The first-order valence-electron chi connectivity index (χ1n) is 9.27. The molecule has 0 atom stereocenters. The minimum absolute atomic E-state index is 0.0606. The summed E-state index contributed by atoms with van der Waals surface area (Å²) >= 11 is 1.48. The topological polar surface area (TPSA) is 62.3 Å². The maximum absolute atomic E-state index is 12.6. The summed E-state index contributed by atoms with van der Waals surface area (Å²) in [6.45, 7) is 1.51. The van der Waals surface area contributed by atoms with E-state index in [0.29, 0.717) is 11.5 Å². The van der Waals surface area contributed by atoms with Crippen LogP contribution in [0.3, 0.4) is 0 Å². The van der Waals surface area contributed by atoms with E-state index in [1.807, 2.05) is 17.2 Å². The summed E-state index contributed by atoms with van der Waals surface area (Å²) in [4.78, 5) is 31.4. The summed E-state index contributed by atoms with van der Waals surface area (Å²) in [7, 11) is 0. The molecule has 6 heteroatoms. The van der Waals surface area contributed by atoms with Crippen molar-refractivity contribution in [3.05, 3.63) is 23.9 Å². The van der Waals surface area contributed by atoms with Crippen molar-refractivity contribution in [3.63, 3.8) is 0 Å². The van der Waals surface area contributed by atoms with Crippen molar-refractivity contribution >= 4 is 23.6 Å². The Morgan fingerprint density at radius 1 is 1.16 bits per heavy atom. The Balaban J connectivity index is 1.50. The molecule has 1 N–H and O–H groups in total. The van der Waals surface area contributed by atoms with Gasteiger partial charge in [-0.05, 0) is 44.1 Å². The molecular weight excluding hydrogens is 334 g/mol. The van der Waals surface area contributed by atoms with E-state index in [2.05, 4.69) is 10.3 Å². The van der Waals surface area contributed by atoms with Crippen molar-refractivity contribution in [2.45, 2.75) is 56.0 Å². The fourth-order valence-electron chi connectivity index (χ4n) is 3.84. The molecular formula is C19H27N3O2S. The van der Waals surface area contributed by atoms with Crippen LogP contribution < -0.4 is 5.32 Å². The monoisotopic (exact) mass is 361 g/mol. The van der Waals surface area contributed by atoms with Gasteiger partial charge in [0.1, 0.15) is 5.03 Å². The molecule has 0 spiro atoms. The minimum atomic E-state index is -0.0606. The Hall–Kier alpha value is -1.56. The summed E-state index contributed by atoms with van der Waals surface area (Å²) in [5, 5.41) is 3.87. The van der Waals surface area contributed by atoms with Gasteiger partial charge in [-0.2, -0.15) is 0 Å². The number of likely N-dealkylation sites (tertiary alicyclic amines) is 1. The lowest BCUT2D eigenvalue weighted by molar-refractivity contribution is -0.137. The average Bonchev–Trinajstić information content (AvgIpc) is 2.68. The van der Waals surface area contributed by atoms with E-state index in [9.17, 15) is 9.59 Å². The number of thioether (sulfide) groups is 1. The van der Waals surface area contributed by atoms with Gasteiger partial charge in [0, 0.05) is 31.2 Å². The predicted molar refractivity (Wildman–Crippen MR) is 99.7 cm³/mol. The van der Waals surface area contributed by atoms with Crippen LogP contribution in [0.1, 0.15) is 55.3 Å². The van der Waals surface area contributed by atoms with E-state index in [1.165, 1.54) is 31.0 Å². The Kier molecular flexibility index (Phi) is 6.34. The SMILES string of the molecule is CSc1ncccc1C(=O)NC1CCN(C(=O)C2CCCCC2)CC1. The molecule has 2 fully saturated rings. The van der Waals surface area contributed by atoms with Gasteiger partial charge in [0.2, 0.25) is 5.91 Å². The average molecular weight is 362 g/mol. The van der Waals surface area contributed by atoms with Crippen LogP contribution in [0.4, 0.5) is 0 Å². The molecule has 0 unspecified atom stereocenters. The van der Waals surface area contributed by atoms with Crippen LogP contribution in [0.2, 0.25) is 0 Å². The number of carbonyl (C=O) groups excluding carboxylic acids is 2. The lowest BCUT2D eigenvalue weighted by Crippen LogP contribution is -2.48. The van der Waals surface area contributed by atoms with Crippen LogP contribution in [-0.2, 0) is 4.79 Å². The molecule has 1 aromatic heterocycles. The van der Waals surface area contributed by atoms with Gasteiger partial charge < -0.3 is 10.2 Å². The molecule has 1 saturated carbocycles. The van der Waals surface area contributed by atoms with Crippen LogP contribution in [0.25, 0.3) is 0 Å². The van der Waals surface area contributed by atoms with Crippen molar-refractivity contribution < 1.29 is 9.59 Å². The first kappa shape index (κ1) is 18.2. The molecule has 0 radical (unpaired) electrons.